The second-order valence-corrected chi connectivity index (χ2v) is 9.06. The lowest BCUT2D eigenvalue weighted by molar-refractivity contribution is 0.307. The maximum absolute atomic E-state index is 6.15. The highest BCUT2D eigenvalue weighted by Crippen LogP contribution is 2.37. The molecule has 0 saturated heterocycles. The maximum Gasteiger partial charge on any atom is 0.294 e. The summed E-state index contributed by atoms with van der Waals surface area (Å²) in [5.41, 5.74) is 2.47. The second-order valence-electron chi connectivity index (χ2n) is 8.14. The lowest BCUT2D eigenvalue weighted by atomic mass is 10.2. The third-order valence-corrected chi connectivity index (χ3v) is 6.64. The molecule has 0 unspecified atom stereocenters. The van der Waals surface area contributed by atoms with Crippen LogP contribution in [0.5, 0.6) is 22.4 Å². The number of rotatable bonds is 12. The van der Waals surface area contributed by atoms with Crippen molar-refractivity contribution < 1.29 is 23.4 Å². The van der Waals surface area contributed by atoms with Gasteiger partial charge in [0.1, 0.15) is 28.5 Å². The van der Waals surface area contributed by atoms with Gasteiger partial charge in [0, 0.05) is 24.4 Å². The molecule has 9 nitrogen and oxygen atoms in total. The molecule has 10 heteroatoms. The molecule has 0 aliphatic rings. The van der Waals surface area contributed by atoms with Crippen LogP contribution in [0.1, 0.15) is 33.1 Å². The molecule has 0 spiro atoms. The van der Waals surface area contributed by atoms with Crippen molar-refractivity contribution in [1.29, 1.82) is 0 Å². The first-order chi connectivity index (χ1) is 18.7. The fourth-order valence-corrected chi connectivity index (χ4v) is 4.56. The third kappa shape index (κ3) is 6.31. The van der Waals surface area contributed by atoms with Crippen LogP contribution in [0, 0.1) is 0 Å². The molecule has 202 valence electrons. The molecule has 38 heavy (non-hydrogen) atoms. The summed E-state index contributed by atoms with van der Waals surface area (Å²) in [5, 5.41) is 9.20. The molecule has 0 aliphatic heterocycles. The van der Waals surface area contributed by atoms with E-state index in [0.717, 1.165) is 53.3 Å². The highest BCUT2D eigenvalue weighted by Gasteiger charge is 2.17. The van der Waals surface area contributed by atoms with E-state index in [1.807, 2.05) is 62.5 Å². The van der Waals surface area contributed by atoms with E-state index in [1.54, 1.807) is 25.8 Å². The molecule has 0 amide bonds. The average Bonchev–Trinajstić information content (AvgIpc) is 3.67. The normalized spacial score (nSPS) is 10.8. The van der Waals surface area contributed by atoms with Crippen molar-refractivity contribution in [2.45, 2.75) is 33.1 Å². The summed E-state index contributed by atoms with van der Waals surface area (Å²) in [7, 11) is 4.89. The highest BCUT2D eigenvalue weighted by molar-refractivity contribution is 7.18. The van der Waals surface area contributed by atoms with Crippen molar-refractivity contribution in [3.8, 4) is 33.9 Å². The Hall–Kier alpha value is -3.92. The summed E-state index contributed by atoms with van der Waals surface area (Å²) >= 11 is 1.37. The van der Waals surface area contributed by atoms with Gasteiger partial charge in [0.2, 0.25) is 4.96 Å². The molecular weight excluding hydrogens is 504 g/mol. The predicted octanol–water partition coefficient (Wildman–Crippen LogP) is 6.92. The van der Waals surface area contributed by atoms with Crippen LogP contribution in [0.15, 0.2) is 53.1 Å². The van der Waals surface area contributed by atoms with Crippen molar-refractivity contribution >= 4 is 33.0 Å². The minimum absolute atomic E-state index is 0.561. The Balaban J connectivity index is 0.00000164. The number of nitrogens with one attached hydrogen (secondary N) is 1. The zero-order chi connectivity index (χ0) is 26.9. The van der Waals surface area contributed by atoms with E-state index < -0.39 is 0 Å². The molecule has 0 radical (unpaired) electrons. The third-order valence-electron chi connectivity index (χ3n) is 5.76. The largest absolute Gasteiger partial charge is 0.497 e. The highest BCUT2D eigenvalue weighted by atomic mass is 32.1. The molecule has 2 aromatic carbocycles. The molecule has 0 saturated carbocycles. The van der Waals surface area contributed by atoms with Crippen LogP contribution in [-0.4, -0.2) is 49.1 Å². The van der Waals surface area contributed by atoms with E-state index in [9.17, 15) is 0 Å². The number of methoxy groups -OCH3 is 3. The quantitative estimate of drug-likeness (QED) is 0.171. The number of imidazole rings is 1. The molecule has 3 aromatic heterocycles. The Kier molecular flexibility index (Phi) is 9.31. The van der Waals surface area contributed by atoms with Gasteiger partial charge in [-0.3, -0.25) is 0 Å². The van der Waals surface area contributed by atoms with Crippen molar-refractivity contribution in [2.75, 3.05) is 39.8 Å². The Morgan fingerprint density at radius 2 is 1.71 bits per heavy atom. The lowest BCUT2D eigenvalue weighted by Crippen LogP contribution is -2.03. The van der Waals surface area contributed by atoms with Crippen molar-refractivity contribution in [1.82, 2.24) is 14.6 Å². The van der Waals surface area contributed by atoms with Gasteiger partial charge >= 0.3 is 0 Å². The molecule has 0 fully saturated rings. The smallest absolute Gasteiger partial charge is 0.294 e. The number of anilines is 1. The first-order valence-electron chi connectivity index (χ1n) is 12.7. The molecule has 0 atom stereocenters. The fraction of sp³-hybridized carbons (Fsp3) is 0.357. The first-order valence-corrected chi connectivity index (χ1v) is 13.5. The lowest BCUT2D eigenvalue weighted by Gasteiger charge is -2.10. The topological polar surface area (TPSA) is 92.3 Å². The van der Waals surface area contributed by atoms with Crippen LogP contribution in [0.25, 0.3) is 27.4 Å². The number of ether oxygens (including phenoxy) is 4. The van der Waals surface area contributed by atoms with Crippen molar-refractivity contribution in [3.05, 3.63) is 48.7 Å². The Morgan fingerprint density at radius 1 is 0.921 bits per heavy atom. The van der Waals surface area contributed by atoms with Crippen molar-refractivity contribution in [3.63, 3.8) is 0 Å². The number of furan rings is 1. The van der Waals surface area contributed by atoms with Crippen LogP contribution in [-0.2, 0) is 0 Å². The van der Waals surface area contributed by atoms with Gasteiger partial charge in [-0.2, -0.15) is 0 Å². The Bertz CT molecular complexity index is 1410. The van der Waals surface area contributed by atoms with Gasteiger partial charge in [0.15, 0.2) is 5.76 Å². The summed E-state index contributed by atoms with van der Waals surface area (Å²) in [5.74, 6) is 2.91. The van der Waals surface area contributed by atoms with Crippen LogP contribution in [0.3, 0.4) is 0 Å². The summed E-state index contributed by atoms with van der Waals surface area (Å²) in [6.07, 6.45) is 4.87. The summed E-state index contributed by atoms with van der Waals surface area (Å²) in [6, 6.07) is 13.7. The molecule has 3 heterocycles. The molecule has 5 rings (SSSR count). The first kappa shape index (κ1) is 27.1. The van der Waals surface area contributed by atoms with E-state index in [-0.39, 0.29) is 0 Å². The van der Waals surface area contributed by atoms with Crippen LogP contribution in [0.4, 0.5) is 5.69 Å². The van der Waals surface area contributed by atoms with Gasteiger partial charge in [-0.05, 0) is 60.9 Å². The Labute approximate surface area is 226 Å². The van der Waals surface area contributed by atoms with Gasteiger partial charge in [-0.1, -0.05) is 13.8 Å². The van der Waals surface area contributed by atoms with Gasteiger partial charge in [-0.25, -0.2) is 9.50 Å². The van der Waals surface area contributed by atoms with E-state index in [2.05, 4.69) is 15.4 Å². The number of hydrogen-bond donors (Lipinski definition) is 1. The number of aromatic nitrogens is 3. The number of benzene rings is 2. The van der Waals surface area contributed by atoms with Crippen LogP contribution in [0.2, 0.25) is 0 Å². The minimum Gasteiger partial charge on any atom is -0.497 e. The van der Waals surface area contributed by atoms with Gasteiger partial charge in [-0.15, -0.1) is 5.10 Å². The monoisotopic (exact) mass is 538 g/mol. The maximum atomic E-state index is 6.15. The Morgan fingerprint density at radius 3 is 2.42 bits per heavy atom. The molecule has 5 aromatic rings. The number of nitrogens with zero attached hydrogens (tertiary/aromatic N) is 3. The zero-order valence-electron chi connectivity index (χ0n) is 22.4. The molecule has 0 aliphatic carbocycles. The van der Waals surface area contributed by atoms with E-state index in [1.165, 1.54) is 11.3 Å². The molecular formula is C28H34N4O5S. The van der Waals surface area contributed by atoms with Crippen LogP contribution >= 0.6 is 11.3 Å². The fourth-order valence-electron chi connectivity index (χ4n) is 3.86. The average molecular weight is 539 g/mol. The van der Waals surface area contributed by atoms with Gasteiger partial charge in [0.25, 0.3) is 5.19 Å². The number of hydrogen-bond acceptors (Lipinski definition) is 9. The zero-order valence-corrected chi connectivity index (χ0v) is 23.3. The second kappa shape index (κ2) is 13.0. The standard InChI is InChI=1S/C26H28N4O5S.C2H6/c1-31-18-9-7-17(8-10-18)27-11-5-4-6-12-34-22-13-19(32-2)14-23-20(22)15-24(35-23)21-16-30-25(28-21)36-26(29-30)33-3;1-2/h7-10,13-16,27H,4-6,11-12H2,1-3H3;1-2H3. The summed E-state index contributed by atoms with van der Waals surface area (Å²) < 4.78 is 29.8. The summed E-state index contributed by atoms with van der Waals surface area (Å²) in [6.45, 7) is 5.51. The van der Waals surface area contributed by atoms with Gasteiger partial charge in [0.05, 0.1) is 39.5 Å². The SMILES string of the molecule is CC.COc1ccc(NCCCCCOc2cc(OC)cc3oc(-c4cn5nc(OC)sc5n4)cc23)cc1. The van der Waals surface area contributed by atoms with Gasteiger partial charge < -0.3 is 28.7 Å². The van der Waals surface area contributed by atoms with E-state index in [4.69, 9.17) is 23.4 Å². The summed E-state index contributed by atoms with van der Waals surface area (Å²) in [4.78, 5) is 5.35. The number of fused-ring (bicyclic) bond motifs is 2. The molecule has 1 N–H and O–H groups in total. The van der Waals surface area contributed by atoms with Crippen molar-refractivity contribution in [2.24, 2.45) is 0 Å². The predicted molar refractivity (Wildman–Crippen MR) is 151 cm³/mol. The van der Waals surface area contributed by atoms with Crippen LogP contribution < -0.4 is 24.3 Å². The van der Waals surface area contributed by atoms with E-state index >= 15 is 0 Å². The minimum atomic E-state index is 0.561. The molecule has 0 bridgehead atoms. The van der Waals surface area contributed by atoms with E-state index in [0.29, 0.717) is 34.6 Å². The number of unbranched alkanes of at least 4 members (excludes halogenated alkanes) is 2.